The molecule has 0 aliphatic heterocycles. The van der Waals surface area contributed by atoms with Gasteiger partial charge in [0.1, 0.15) is 0 Å². The fraction of sp³-hybridized carbons (Fsp3) is 0.529. The molecule has 20 heavy (non-hydrogen) atoms. The van der Waals surface area contributed by atoms with Crippen LogP contribution in [0.4, 0.5) is 0 Å². The normalized spacial score (nSPS) is 12.3. The van der Waals surface area contributed by atoms with Crippen LogP contribution in [0.3, 0.4) is 0 Å². The van der Waals surface area contributed by atoms with Crippen molar-refractivity contribution in [2.24, 2.45) is 0 Å². The second-order valence-electron chi connectivity index (χ2n) is 5.08. The minimum absolute atomic E-state index is 0.351. The Balaban J connectivity index is 2.63. The van der Waals surface area contributed by atoms with Crippen LogP contribution in [0, 0.1) is 0 Å². The summed E-state index contributed by atoms with van der Waals surface area (Å²) >= 11 is 9.94. The number of hydrogen-bond donors (Lipinski definition) is 1. The highest BCUT2D eigenvalue weighted by Gasteiger charge is 2.15. The predicted octanol–water partition coefficient (Wildman–Crippen LogP) is 6.28. The first kappa shape index (κ1) is 17.7. The Kier molecular flexibility index (Phi) is 9.24. The van der Waals surface area contributed by atoms with Crippen molar-refractivity contribution in [2.75, 3.05) is 6.54 Å². The second kappa shape index (κ2) is 10.4. The van der Waals surface area contributed by atoms with E-state index in [2.05, 4.69) is 46.9 Å². The molecule has 0 spiro atoms. The van der Waals surface area contributed by atoms with Crippen molar-refractivity contribution in [3.8, 4) is 0 Å². The Morgan fingerprint density at radius 3 is 2.85 bits per heavy atom. The zero-order valence-electron chi connectivity index (χ0n) is 12.3. The zero-order chi connectivity index (χ0) is 14.8. The van der Waals surface area contributed by atoms with Crippen molar-refractivity contribution in [3.05, 3.63) is 45.9 Å². The average molecular weight is 359 g/mol. The molecule has 0 saturated heterocycles. The van der Waals surface area contributed by atoms with E-state index in [1.54, 1.807) is 0 Å². The molecule has 0 aliphatic carbocycles. The number of nitrogens with one attached hydrogen (secondary N) is 1. The monoisotopic (exact) mass is 357 g/mol. The summed E-state index contributed by atoms with van der Waals surface area (Å²) in [5.41, 5.74) is 1.21. The Morgan fingerprint density at radius 2 is 2.15 bits per heavy atom. The van der Waals surface area contributed by atoms with Gasteiger partial charge in [0.15, 0.2) is 0 Å². The van der Waals surface area contributed by atoms with Crippen molar-refractivity contribution in [2.45, 2.75) is 51.5 Å². The van der Waals surface area contributed by atoms with E-state index in [1.165, 1.54) is 24.8 Å². The third kappa shape index (κ3) is 5.99. The Labute approximate surface area is 136 Å². The summed E-state index contributed by atoms with van der Waals surface area (Å²) in [6, 6.07) is 6.53. The first-order valence-corrected chi connectivity index (χ1v) is 8.66. The largest absolute Gasteiger partial charge is 0.310 e. The molecule has 1 aromatic carbocycles. The smallest absolute Gasteiger partial charge is 0.0595 e. The van der Waals surface area contributed by atoms with Crippen LogP contribution in [0.1, 0.15) is 57.1 Å². The number of halogens is 2. The van der Waals surface area contributed by atoms with Gasteiger partial charge in [-0.3, -0.25) is 0 Å². The van der Waals surface area contributed by atoms with Crippen LogP contribution in [-0.2, 0) is 0 Å². The lowest BCUT2D eigenvalue weighted by atomic mass is 9.99. The van der Waals surface area contributed by atoms with Gasteiger partial charge in [-0.1, -0.05) is 49.6 Å². The van der Waals surface area contributed by atoms with E-state index < -0.39 is 0 Å². The predicted molar refractivity (Wildman–Crippen MR) is 93.5 cm³/mol. The van der Waals surface area contributed by atoms with Crippen LogP contribution in [0.5, 0.6) is 0 Å². The SMILES string of the molecule is C=CCCCCCC(NCCC)c1cccc(Br)c1Cl. The van der Waals surface area contributed by atoms with E-state index in [1.807, 2.05) is 12.1 Å². The summed E-state index contributed by atoms with van der Waals surface area (Å²) < 4.78 is 0.978. The van der Waals surface area contributed by atoms with Gasteiger partial charge >= 0.3 is 0 Å². The summed E-state index contributed by atoms with van der Waals surface area (Å²) in [6.45, 7) is 6.99. The van der Waals surface area contributed by atoms with Crippen molar-refractivity contribution in [1.82, 2.24) is 5.32 Å². The minimum Gasteiger partial charge on any atom is -0.310 e. The Bertz CT molecular complexity index is 406. The standard InChI is InChI=1S/C17H25BrClN/c1-3-5-6-7-8-12-16(20-13-4-2)14-10-9-11-15(18)17(14)19/h3,9-11,16,20H,1,4-8,12-13H2,2H3. The summed E-state index contributed by atoms with van der Waals surface area (Å²) in [6.07, 6.45) is 9.09. The van der Waals surface area contributed by atoms with Gasteiger partial charge in [-0.05, 0) is 59.8 Å². The van der Waals surface area contributed by atoms with E-state index in [0.29, 0.717) is 6.04 Å². The molecular weight excluding hydrogens is 334 g/mol. The lowest BCUT2D eigenvalue weighted by Gasteiger charge is -2.20. The number of benzene rings is 1. The molecule has 0 fully saturated rings. The molecule has 0 bridgehead atoms. The number of hydrogen-bond acceptors (Lipinski definition) is 1. The van der Waals surface area contributed by atoms with Crippen LogP contribution in [-0.4, -0.2) is 6.54 Å². The third-order valence-electron chi connectivity index (χ3n) is 3.40. The van der Waals surface area contributed by atoms with Crippen molar-refractivity contribution in [3.63, 3.8) is 0 Å². The molecule has 3 heteroatoms. The van der Waals surface area contributed by atoms with E-state index >= 15 is 0 Å². The quantitative estimate of drug-likeness (QED) is 0.383. The van der Waals surface area contributed by atoms with Gasteiger partial charge in [0.25, 0.3) is 0 Å². The molecule has 1 nitrogen and oxygen atoms in total. The second-order valence-corrected chi connectivity index (χ2v) is 6.31. The lowest BCUT2D eigenvalue weighted by Crippen LogP contribution is -2.22. The Hall–Kier alpha value is -0.310. The van der Waals surface area contributed by atoms with E-state index in [0.717, 1.165) is 35.3 Å². The first-order valence-electron chi connectivity index (χ1n) is 7.48. The molecule has 1 aromatic rings. The van der Waals surface area contributed by atoms with Crippen LogP contribution in [0.2, 0.25) is 5.02 Å². The van der Waals surface area contributed by atoms with Crippen LogP contribution >= 0.6 is 27.5 Å². The minimum atomic E-state index is 0.351. The summed E-state index contributed by atoms with van der Waals surface area (Å²) in [5.74, 6) is 0. The molecule has 0 aliphatic rings. The molecule has 112 valence electrons. The maximum atomic E-state index is 6.43. The van der Waals surface area contributed by atoms with E-state index in [4.69, 9.17) is 11.6 Å². The highest BCUT2D eigenvalue weighted by atomic mass is 79.9. The maximum Gasteiger partial charge on any atom is 0.0595 e. The van der Waals surface area contributed by atoms with Crippen LogP contribution in [0.25, 0.3) is 0 Å². The summed E-state index contributed by atoms with van der Waals surface area (Å²) in [4.78, 5) is 0. The first-order chi connectivity index (χ1) is 9.70. The van der Waals surface area contributed by atoms with E-state index in [9.17, 15) is 0 Å². The highest BCUT2D eigenvalue weighted by molar-refractivity contribution is 9.10. The van der Waals surface area contributed by atoms with Crippen molar-refractivity contribution < 1.29 is 0 Å². The number of allylic oxidation sites excluding steroid dienone is 1. The molecule has 1 unspecified atom stereocenters. The fourth-order valence-electron chi connectivity index (χ4n) is 2.29. The molecular formula is C17H25BrClN. The molecule has 0 saturated carbocycles. The topological polar surface area (TPSA) is 12.0 Å². The van der Waals surface area contributed by atoms with Gasteiger partial charge in [-0.2, -0.15) is 0 Å². The Morgan fingerprint density at radius 1 is 1.35 bits per heavy atom. The zero-order valence-corrected chi connectivity index (χ0v) is 14.6. The molecule has 0 heterocycles. The van der Waals surface area contributed by atoms with Gasteiger partial charge in [0.2, 0.25) is 0 Å². The van der Waals surface area contributed by atoms with Gasteiger partial charge in [-0.25, -0.2) is 0 Å². The summed E-state index contributed by atoms with van der Waals surface area (Å²) in [5, 5.41) is 4.46. The number of unbranched alkanes of at least 4 members (excludes halogenated alkanes) is 3. The molecule has 0 radical (unpaired) electrons. The van der Waals surface area contributed by atoms with Gasteiger partial charge in [-0.15, -0.1) is 6.58 Å². The molecule has 1 rings (SSSR count). The van der Waals surface area contributed by atoms with Gasteiger partial charge in [0, 0.05) is 10.5 Å². The summed E-state index contributed by atoms with van der Waals surface area (Å²) in [7, 11) is 0. The fourth-order valence-corrected chi connectivity index (χ4v) is 2.93. The average Bonchev–Trinajstić information content (AvgIpc) is 2.45. The van der Waals surface area contributed by atoms with E-state index in [-0.39, 0.29) is 0 Å². The molecule has 1 atom stereocenters. The third-order valence-corrected chi connectivity index (χ3v) is 4.71. The van der Waals surface area contributed by atoms with Gasteiger partial charge in [0.05, 0.1) is 5.02 Å². The molecule has 0 amide bonds. The maximum absolute atomic E-state index is 6.43. The molecule has 1 N–H and O–H groups in total. The highest BCUT2D eigenvalue weighted by Crippen LogP contribution is 2.32. The molecule has 0 aromatic heterocycles. The van der Waals surface area contributed by atoms with Crippen molar-refractivity contribution >= 4 is 27.5 Å². The lowest BCUT2D eigenvalue weighted by molar-refractivity contribution is 0.472. The van der Waals surface area contributed by atoms with Gasteiger partial charge < -0.3 is 5.32 Å². The van der Waals surface area contributed by atoms with Crippen molar-refractivity contribution in [1.29, 1.82) is 0 Å². The van der Waals surface area contributed by atoms with Crippen LogP contribution in [0.15, 0.2) is 35.3 Å². The number of rotatable bonds is 10. The van der Waals surface area contributed by atoms with Crippen LogP contribution < -0.4 is 5.32 Å².